The smallest absolute Gasteiger partial charge is 0.150 e. The second kappa shape index (κ2) is 5.87. The molecular formula is C16H14FNS. The summed E-state index contributed by atoms with van der Waals surface area (Å²) in [6.45, 7) is 3.93. The zero-order valence-electron chi connectivity index (χ0n) is 10.9. The highest BCUT2D eigenvalue weighted by Crippen LogP contribution is 2.29. The normalized spacial score (nSPS) is 10.1. The summed E-state index contributed by atoms with van der Waals surface area (Å²) in [5.74, 6) is -0.369. The predicted octanol–water partition coefficient (Wildman–Crippen LogP) is 5.10. The Morgan fingerprint density at radius 2 is 1.84 bits per heavy atom. The van der Waals surface area contributed by atoms with Crippen molar-refractivity contribution in [2.45, 2.75) is 20.3 Å². The summed E-state index contributed by atoms with van der Waals surface area (Å²) in [4.78, 5) is 3.76. The van der Waals surface area contributed by atoms with Gasteiger partial charge in [0.2, 0.25) is 0 Å². The zero-order valence-corrected chi connectivity index (χ0v) is 11.7. The molecule has 3 heteroatoms. The SMILES string of the molecule is CCc1ccc(-c2cc(C)c(N=C=S)c(F)c2)cc1. The van der Waals surface area contributed by atoms with Crippen molar-refractivity contribution >= 4 is 23.1 Å². The third-order valence-corrected chi connectivity index (χ3v) is 3.20. The van der Waals surface area contributed by atoms with Crippen LogP contribution in [0.5, 0.6) is 0 Å². The fourth-order valence-electron chi connectivity index (χ4n) is 2.02. The average molecular weight is 271 g/mol. The summed E-state index contributed by atoms with van der Waals surface area (Å²) >= 11 is 4.52. The van der Waals surface area contributed by atoms with Gasteiger partial charge in [-0.25, -0.2) is 4.39 Å². The average Bonchev–Trinajstić information content (AvgIpc) is 2.43. The van der Waals surface area contributed by atoms with E-state index in [2.05, 4.69) is 41.4 Å². The highest BCUT2D eigenvalue weighted by Gasteiger charge is 2.08. The minimum Gasteiger partial charge on any atom is -0.205 e. The first kappa shape index (κ1) is 13.6. The first-order valence-electron chi connectivity index (χ1n) is 6.13. The number of nitrogens with zero attached hydrogens (tertiary/aromatic N) is 1. The van der Waals surface area contributed by atoms with Crippen LogP contribution in [0.15, 0.2) is 41.4 Å². The lowest BCUT2D eigenvalue weighted by Crippen LogP contribution is -1.87. The van der Waals surface area contributed by atoms with E-state index in [1.54, 1.807) is 0 Å². The second-order valence-corrected chi connectivity index (χ2v) is 4.56. The van der Waals surface area contributed by atoms with Crippen LogP contribution in [0.1, 0.15) is 18.1 Å². The van der Waals surface area contributed by atoms with Crippen molar-refractivity contribution in [1.82, 2.24) is 0 Å². The summed E-state index contributed by atoms with van der Waals surface area (Å²) in [5.41, 5.74) is 4.14. The van der Waals surface area contributed by atoms with Crippen LogP contribution in [0.3, 0.4) is 0 Å². The minimum atomic E-state index is -0.369. The van der Waals surface area contributed by atoms with Crippen molar-refractivity contribution in [3.63, 3.8) is 0 Å². The van der Waals surface area contributed by atoms with Gasteiger partial charge in [0.25, 0.3) is 0 Å². The Bertz CT molecular complexity index is 617. The maximum absolute atomic E-state index is 13.9. The van der Waals surface area contributed by atoms with E-state index < -0.39 is 0 Å². The van der Waals surface area contributed by atoms with Gasteiger partial charge in [0, 0.05) is 0 Å². The molecular weight excluding hydrogens is 257 g/mol. The molecule has 0 radical (unpaired) electrons. The fraction of sp³-hybridized carbons (Fsp3) is 0.188. The number of benzene rings is 2. The minimum absolute atomic E-state index is 0.268. The molecule has 0 aliphatic rings. The molecule has 0 amide bonds. The molecule has 2 aromatic carbocycles. The summed E-state index contributed by atoms with van der Waals surface area (Å²) in [5, 5.41) is 2.21. The Labute approximate surface area is 117 Å². The van der Waals surface area contributed by atoms with E-state index in [1.165, 1.54) is 11.6 Å². The number of aliphatic imine (C=N–C) groups is 1. The van der Waals surface area contributed by atoms with E-state index in [1.807, 2.05) is 25.1 Å². The first-order chi connectivity index (χ1) is 9.15. The molecule has 0 aliphatic heterocycles. The van der Waals surface area contributed by atoms with E-state index in [4.69, 9.17) is 0 Å². The van der Waals surface area contributed by atoms with E-state index in [9.17, 15) is 4.39 Å². The van der Waals surface area contributed by atoms with Crippen molar-refractivity contribution in [3.8, 4) is 11.1 Å². The number of isothiocyanates is 1. The summed E-state index contributed by atoms with van der Waals surface area (Å²) in [6.07, 6.45) is 0.996. The van der Waals surface area contributed by atoms with Gasteiger partial charge in [-0.3, -0.25) is 0 Å². The first-order valence-corrected chi connectivity index (χ1v) is 6.54. The molecule has 0 saturated carbocycles. The quantitative estimate of drug-likeness (QED) is 0.559. The highest BCUT2D eigenvalue weighted by atomic mass is 32.1. The molecule has 2 aromatic rings. The maximum atomic E-state index is 13.9. The summed E-state index contributed by atoms with van der Waals surface area (Å²) < 4.78 is 13.9. The van der Waals surface area contributed by atoms with Crippen molar-refractivity contribution in [1.29, 1.82) is 0 Å². The fourth-order valence-corrected chi connectivity index (χ4v) is 2.11. The van der Waals surface area contributed by atoms with Gasteiger partial charge in [0.05, 0.1) is 5.16 Å². The van der Waals surface area contributed by atoms with Gasteiger partial charge in [-0.05, 0) is 59.9 Å². The van der Waals surface area contributed by atoms with Crippen LogP contribution in [-0.2, 0) is 6.42 Å². The molecule has 19 heavy (non-hydrogen) atoms. The van der Waals surface area contributed by atoms with Crippen molar-refractivity contribution in [2.24, 2.45) is 4.99 Å². The number of thiocarbonyl (C=S) groups is 1. The van der Waals surface area contributed by atoms with E-state index in [0.29, 0.717) is 0 Å². The van der Waals surface area contributed by atoms with Gasteiger partial charge in [-0.2, -0.15) is 4.99 Å². The number of hydrogen-bond donors (Lipinski definition) is 0. The monoisotopic (exact) mass is 271 g/mol. The van der Waals surface area contributed by atoms with Crippen molar-refractivity contribution in [2.75, 3.05) is 0 Å². The maximum Gasteiger partial charge on any atom is 0.150 e. The van der Waals surface area contributed by atoms with Crippen LogP contribution in [0.2, 0.25) is 0 Å². The number of aryl methyl sites for hydroxylation is 2. The lowest BCUT2D eigenvalue weighted by Gasteiger charge is -2.07. The Morgan fingerprint density at radius 1 is 1.16 bits per heavy atom. The third-order valence-electron chi connectivity index (χ3n) is 3.11. The summed E-state index contributed by atoms with van der Waals surface area (Å²) in [6, 6.07) is 11.5. The van der Waals surface area contributed by atoms with Gasteiger partial charge >= 0.3 is 0 Å². The molecule has 0 N–H and O–H groups in total. The number of hydrogen-bond acceptors (Lipinski definition) is 2. The topological polar surface area (TPSA) is 12.4 Å². The lowest BCUT2D eigenvalue weighted by atomic mass is 10.0. The largest absolute Gasteiger partial charge is 0.205 e. The molecule has 2 rings (SSSR count). The Hall–Kier alpha value is -1.83. The van der Waals surface area contributed by atoms with Gasteiger partial charge in [0.15, 0.2) is 5.82 Å². The van der Waals surface area contributed by atoms with E-state index in [-0.39, 0.29) is 11.5 Å². The van der Waals surface area contributed by atoms with Crippen LogP contribution in [0.25, 0.3) is 11.1 Å². The Morgan fingerprint density at radius 3 is 2.37 bits per heavy atom. The molecule has 0 aromatic heterocycles. The Kier molecular flexibility index (Phi) is 4.20. The molecule has 0 heterocycles. The Balaban J connectivity index is 2.48. The molecule has 96 valence electrons. The van der Waals surface area contributed by atoms with E-state index >= 15 is 0 Å². The lowest BCUT2D eigenvalue weighted by molar-refractivity contribution is 0.629. The van der Waals surface area contributed by atoms with Gasteiger partial charge in [-0.1, -0.05) is 31.2 Å². The van der Waals surface area contributed by atoms with Crippen LogP contribution in [0, 0.1) is 12.7 Å². The van der Waals surface area contributed by atoms with Crippen LogP contribution in [0.4, 0.5) is 10.1 Å². The molecule has 0 fully saturated rings. The van der Waals surface area contributed by atoms with Crippen LogP contribution in [-0.4, -0.2) is 5.16 Å². The van der Waals surface area contributed by atoms with Gasteiger partial charge in [0.1, 0.15) is 5.69 Å². The molecule has 0 bridgehead atoms. The van der Waals surface area contributed by atoms with Gasteiger partial charge < -0.3 is 0 Å². The molecule has 0 saturated heterocycles. The highest BCUT2D eigenvalue weighted by molar-refractivity contribution is 7.78. The van der Waals surface area contributed by atoms with Gasteiger partial charge in [-0.15, -0.1) is 0 Å². The third kappa shape index (κ3) is 2.95. The second-order valence-electron chi connectivity index (χ2n) is 4.38. The summed E-state index contributed by atoms with van der Waals surface area (Å²) in [7, 11) is 0. The van der Waals surface area contributed by atoms with Crippen molar-refractivity contribution in [3.05, 3.63) is 53.3 Å². The molecule has 0 unspecified atom stereocenters. The molecule has 0 spiro atoms. The van der Waals surface area contributed by atoms with Crippen molar-refractivity contribution < 1.29 is 4.39 Å². The zero-order chi connectivity index (χ0) is 13.8. The number of halogens is 1. The molecule has 0 aliphatic carbocycles. The van der Waals surface area contributed by atoms with Crippen LogP contribution < -0.4 is 0 Å². The predicted molar refractivity (Wildman–Crippen MR) is 80.6 cm³/mol. The van der Waals surface area contributed by atoms with Crippen LogP contribution >= 0.6 is 12.2 Å². The standard InChI is InChI=1S/C16H14FNS/c1-3-12-4-6-13(7-5-12)14-8-11(2)16(18-10-19)15(17)9-14/h4-9H,3H2,1-2H3. The molecule has 1 nitrogen and oxygen atoms in total. The molecule has 0 atom stereocenters. The van der Waals surface area contributed by atoms with E-state index in [0.717, 1.165) is 23.1 Å². The number of rotatable bonds is 3.